The summed E-state index contributed by atoms with van der Waals surface area (Å²) in [6, 6.07) is 8.22. The molecule has 28 heavy (non-hydrogen) atoms. The van der Waals surface area contributed by atoms with E-state index in [9.17, 15) is 9.59 Å². The summed E-state index contributed by atoms with van der Waals surface area (Å²) in [6.45, 7) is 6.15. The molecule has 146 valence electrons. The molecule has 0 unspecified atom stereocenters. The molecule has 0 aliphatic heterocycles. The number of nitrogens with one attached hydrogen (secondary N) is 1. The number of pyridine rings is 1. The Morgan fingerprint density at radius 3 is 2.82 bits per heavy atom. The molecular formula is C20H21N3O3S2. The first kappa shape index (κ1) is 20.3. The number of ether oxygens (including phenoxy) is 1. The Hall–Kier alpha value is -2.45. The van der Waals surface area contributed by atoms with Crippen molar-refractivity contribution in [1.82, 2.24) is 9.97 Å². The van der Waals surface area contributed by atoms with Crippen LogP contribution in [-0.4, -0.2) is 34.2 Å². The Morgan fingerprint density at radius 2 is 2.04 bits per heavy atom. The van der Waals surface area contributed by atoms with E-state index in [0.29, 0.717) is 17.4 Å². The number of anilines is 1. The summed E-state index contributed by atoms with van der Waals surface area (Å²) >= 11 is 2.69. The van der Waals surface area contributed by atoms with Crippen LogP contribution in [0.4, 0.5) is 5.13 Å². The van der Waals surface area contributed by atoms with E-state index < -0.39 is 0 Å². The summed E-state index contributed by atoms with van der Waals surface area (Å²) in [6.07, 6.45) is 0.106. The molecule has 8 heteroatoms. The van der Waals surface area contributed by atoms with Crippen molar-refractivity contribution < 1.29 is 14.3 Å². The van der Waals surface area contributed by atoms with Gasteiger partial charge in [0.2, 0.25) is 5.91 Å². The second-order valence-corrected chi connectivity index (χ2v) is 8.09. The van der Waals surface area contributed by atoms with Gasteiger partial charge >= 0.3 is 5.97 Å². The van der Waals surface area contributed by atoms with E-state index in [1.807, 2.05) is 19.1 Å². The lowest BCUT2D eigenvalue weighted by Gasteiger charge is -2.07. The van der Waals surface area contributed by atoms with Gasteiger partial charge in [-0.3, -0.25) is 9.59 Å². The van der Waals surface area contributed by atoms with Crippen molar-refractivity contribution in [3.05, 3.63) is 46.5 Å². The summed E-state index contributed by atoms with van der Waals surface area (Å²) in [5, 5.41) is 6.93. The molecule has 0 atom stereocenters. The van der Waals surface area contributed by atoms with E-state index in [-0.39, 0.29) is 24.1 Å². The van der Waals surface area contributed by atoms with Gasteiger partial charge in [0, 0.05) is 10.8 Å². The molecule has 0 saturated heterocycles. The number of benzene rings is 1. The van der Waals surface area contributed by atoms with Crippen LogP contribution in [0.15, 0.2) is 34.7 Å². The highest BCUT2D eigenvalue weighted by Crippen LogP contribution is 2.25. The smallest absolute Gasteiger partial charge is 0.311 e. The maximum Gasteiger partial charge on any atom is 0.311 e. The zero-order chi connectivity index (χ0) is 20.1. The Morgan fingerprint density at radius 1 is 1.21 bits per heavy atom. The van der Waals surface area contributed by atoms with Gasteiger partial charge in [-0.05, 0) is 44.5 Å². The predicted octanol–water partition coefficient (Wildman–Crippen LogP) is 4.14. The number of amides is 1. The third kappa shape index (κ3) is 5.30. The lowest BCUT2D eigenvalue weighted by atomic mass is 10.1. The molecule has 2 aromatic heterocycles. The van der Waals surface area contributed by atoms with Gasteiger partial charge in [0.05, 0.1) is 30.0 Å². The number of carbonyl (C=O) groups is 2. The highest BCUT2D eigenvalue weighted by atomic mass is 32.2. The highest BCUT2D eigenvalue weighted by Gasteiger charge is 2.12. The molecule has 0 radical (unpaired) electrons. The number of nitrogens with zero attached hydrogens (tertiary/aromatic N) is 2. The SMILES string of the molecule is CCOC(=O)Cc1csc(NC(=O)CSc2nc3ccc(C)cc3cc2C)n1. The van der Waals surface area contributed by atoms with Crippen LogP contribution in [-0.2, 0) is 20.7 Å². The summed E-state index contributed by atoms with van der Waals surface area (Å²) in [5.74, 6) is -0.251. The van der Waals surface area contributed by atoms with Crippen LogP contribution in [0.2, 0.25) is 0 Å². The Bertz CT molecular complexity index is 1020. The fourth-order valence-corrected chi connectivity index (χ4v) is 4.14. The summed E-state index contributed by atoms with van der Waals surface area (Å²) in [5.41, 5.74) is 3.75. The maximum atomic E-state index is 12.3. The number of fused-ring (bicyclic) bond motifs is 1. The second-order valence-electron chi connectivity index (χ2n) is 6.27. The lowest BCUT2D eigenvalue weighted by Crippen LogP contribution is -2.14. The standard InChI is InChI=1S/C20H21N3O3S2/c1-4-26-18(25)9-15-10-28-20(21-15)23-17(24)11-27-19-13(3)8-14-7-12(2)5-6-16(14)22-19/h5-8,10H,4,9,11H2,1-3H3,(H,21,23,24). The minimum atomic E-state index is -0.325. The number of hydrogen-bond acceptors (Lipinski definition) is 7. The fourth-order valence-electron chi connectivity index (χ4n) is 2.62. The van der Waals surface area contributed by atoms with Crippen molar-refractivity contribution in [1.29, 1.82) is 0 Å². The quantitative estimate of drug-likeness (QED) is 0.461. The van der Waals surface area contributed by atoms with Crippen LogP contribution >= 0.6 is 23.1 Å². The third-order valence-corrected chi connectivity index (χ3v) is 5.78. The van der Waals surface area contributed by atoms with Crippen LogP contribution in [0.5, 0.6) is 0 Å². The monoisotopic (exact) mass is 415 g/mol. The largest absolute Gasteiger partial charge is 0.466 e. The zero-order valence-electron chi connectivity index (χ0n) is 15.9. The molecule has 3 rings (SSSR count). The number of aryl methyl sites for hydroxylation is 2. The summed E-state index contributed by atoms with van der Waals surface area (Å²) in [7, 11) is 0. The molecule has 0 aliphatic carbocycles. The first-order valence-corrected chi connectivity index (χ1v) is 10.7. The molecule has 2 heterocycles. The van der Waals surface area contributed by atoms with Gasteiger partial charge in [0.15, 0.2) is 5.13 Å². The number of thioether (sulfide) groups is 1. The van der Waals surface area contributed by atoms with Crippen molar-refractivity contribution in [2.45, 2.75) is 32.2 Å². The van der Waals surface area contributed by atoms with E-state index in [1.165, 1.54) is 28.7 Å². The molecule has 0 fully saturated rings. The number of thiazole rings is 1. The Balaban J connectivity index is 1.58. The van der Waals surface area contributed by atoms with Crippen LogP contribution in [0.3, 0.4) is 0 Å². The van der Waals surface area contributed by atoms with E-state index in [0.717, 1.165) is 21.5 Å². The molecule has 1 N–H and O–H groups in total. The number of aromatic nitrogens is 2. The number of hydrogen-bond donors (Lipinski definition) is 1. The molecular weight excluding hydrogens is 394 g/mol. The van der Waals surface area contributed by atoms with Gasteiger partial charge < -0.3 is 10.1 Å². The number of carbonyl (C=O) groups excluding carboxylic acids is 2. The summed E-state index contributed by atoms with van der Waals surface area (Å²) < 4.78 is 4.90. The van der Waals surface area contributed by atoms with Crippen molar-refractivity contribution >= 4 is 51.0 Å². The van der Waals surface area contributed by atoms with Crippen molar-refractivity contribution in [3.8, 4) is 0 Å². The molecule has 1 aromatic carbocycles. The minimum Gasteiger partial charge on any atom is -0.466 e. The predicted molar refractivity (Wildman–Crippen MR) is 113 cm³/mol. The van der Waals surface area contributed by atoms with Gasteiger partial charge in [-0.15, -0.1) is 11.3 Å². The number of rotatable bonds is 7. The highest BCUT2D eigenvalue weighted by molar-refractivity contribution is 8.00. The van der Waals surface area contributed by atoms with E-state index in [2.05, 4.69) is 34.3 Å². The van der Waals surface area contributed by atoms with Crippen LogP contribution in [0.1, 0.15) is 23.7 Å². The second kappa shape index (κ2) is 9.16. The Kier molecular flexibility index (Phi) is 6.64. The van der Waals surface area contributed by atoms with Crippen LogP contribution < -0.4 is 5.32 Å². The maximum absolute atomic E-state index is 12.3. The zero-order valence-corrected chi connectivity index (χ0v) is 17.6. The third-order valence-electron chi connectivity index (χ3n) is 3.88. The average molecular weight is 416 g/mol. The minimum absolute atomic E-state index is 0.106. The molecule has 0 aliphatic rings. The van der Waals surface area contributed by atoms with Crippen molar-refractivity contribution in [2.75, 3.05) is 17.7 Å². The van der Waals surface area contributed by atoms with E-state index in [1.54, 1.807) is 12.3 Å². The topological polar surface area (TPSA) is 81.2 Å². The lowest BCUT2D eigenvalue weighted by molar-refractivity contribution is -0.142. The van der Waals surface area contributed by atoms with Gasteiger partial charge in [-0.2, -0.15) is 0 Å². The van der Waals surface area contributed by atoms with Crippen LogP contribution in [0.25, 0.3) is 10.9 Å². The van der Waals surface area contributed by atoms with Gasteiger partial charge in [-0.25, -0.2) is 9.97 Å². The number of esters is 1. The summed E-state index contributed by atoms with van der Waals surface area (Å²) in [4.78, 5) is 32.7. The molecule has 0 bridgehead atoms. The average Bonchev–Trinajstić information content (AvgIpc) is 3.06. The normalized spacial score (nSPS) is 10.8. The molecule has 6 nitrogen and oxygen atoms in total. The van der Waals surface area contributed by atoms with E-state index >= 15 is 0 Å². The first-order chi connectivity index (χ1) is 13.4. The first-order valence-electron chi connectivity index (χ1n) is 8.85. The van der Waals surface area contributed by atoms with E-state index in [4.69, 9.17) is 4.74 Å². The van der Waals surface area contributed by atoms with Crippen molar-refractivity contribution in [3.63, 3.8) is 0 Å². The van der Waals surface area contributed by atoms with Gasteiger partial charge in [0.1, 0.15) is 5.03 Å². The molecule has 0 spiro atoms. The van der Waals surface area contributed by atoms with Gasteiger partial charge in [0.25, 0.3) is 0 Å². The van der Waals surface area contributed by atoms with Crippen molar-refractivity contribution in [2.24, 2.45) is 0 Å². The van der Waals surface area contributed by atoms with Gasteiger partial charge in [-0.1, -0.05) is 23.4 Å². The Labute approximate surface area is 171 Å². The van der Waals surface area contributed by atoms with Crippen LogP contribution in [0, 0.1) is 13.8 Å². The molecule has 0 saturated carbocycles. The molecule has 3 aromatic rings. The fraction of sp³-hybridized carbons (Fsp3) is 0.300. The molecule has 1 amide bonds.